The van der Waals surface area contributed by atoms with Crippen LogP contribution < -0.4 is 10.6 Å². The summed E-state index contributed by atoms with van der Waals surface area (Å²) in [5.74, 6) is 1.56. The minimum Gasteiger partial charge on any atom is -0.354 e. The first-order valence-electron chi connectivity index (χ1n) is 5.16. The fourth-order valence-corrected chi connectivity index (χ4v) is 2.99. The Hall–Kier alpha value is -0.980. The second-order valence-electron chi connectivity index (χ2n) is 3.60. The van der Waals surface area contributed by atoms with Crippen LogP contribution in [0.4, 0.5) is 5.82 Å². The van der Waals surface area contributed by atoms with E-state index in [-0.39, 0.29) is 0 Å². The van der Waals surface area contributed by atoms with Crippen molar-refractivity contribution in [3.05, 3.63) is 38.9 Å². The number of rotatable bonds is 4. The van der Waals surface area contributed by atoms with Crippen molar-refractivity contribution >= 4 is 33.1 Å². The van der Waals surface area contributed by atoms with Crippen molar-refractivity contribution in [2.45, 2.75) is 13.1 Å². The first-order chi connectivity index (χ1) is 8.19. The molecule has 90 valence electrons. The minimum absolute atomic E-state index is 0.367. The van der Waals surface area contributed by atoms with E-state index in [1.54, 1.807) is 17.5 Å². The second-order valence-corrected chi connectivity index (χ2v) is 6.14. The first-order valence-corrected chi connectivity index (χ1v) is 6.77. The summed E-state index contributed by atoms with van der Waals surface area (Å²) < 4.78 is 1.14. The molecular formula is C11H13BrN4S. The van der Waals surface area contributed by atoms with E-state index in [0.717, 1.165) is 16.1 Å². The van der Waals surface area contributed by atoms with Crippen molar-refractivity contribution in [3.63, 3.8) is 0 Å². The van der Waals surface area contributed by atoms with E-state index in [4.69, 9.17) is 5.73 Å². The highest BCUT2D eigenvalue weighted by atomic mass is 79.9. The number of aromatic nitrogens is 2. The fourth-order valence-electron chi connectivity index (χ4n) is 1.45. The highest BCUT2D eigenvalue weighted by Gasteiger charge is 2.06. The van der Waals surface area contributed by atoms with Crippen molar-refractivity contribution in [2.75, 3.05) is 11.9 Å². The maximum atomic E-state index is 5.53. The largest absolute Gasteiger partial charge is 0.354 e. The summed E-state index contributed by atoms with van der Waals surface area (Å²) in [6, 6.07) is 6.05. The molecule has 0 aliphatic heterocycles. The highest BCUT2D eigenvalue weighted by molar-refractivity contribution is 9.11. The quantitative estimate of drug-likeness (QED) is 0.942. The van der Waals surface area contributed by atoms with Crippen LogP contribution in [0.3, 0.4) is 0 Å². The van der Waals surface area contributed by atoms with E-state index in [0.29, 0.717) is 12.4 Å². The van der Waals surface area contributed by atoms with Gasteiger partial charge in [0.2, 0.25) is 0 Å². The van der Waals surface area contributed by atoms with Crippen LogP contribution in [0.25, 0.3) is 0 Å². The predicted molar refractivity (Wildman–Crippen MR) is 74.0 cm³/mol. The van der Waals surface area contributed by atoms with Crippen molar-refractivity contribution in [1.29, 1.82) is 0 Å². The first kappa shape index (κ1) is 12.5. The smallest absolute Gasteiger partial charge is 0.144 e. The van der Waals surface area contributed by atoms with Crippen LogP contribution in [0.5, 0.6) is 0 Å². The van der Waals surface area contributed by atoms with Gasteiger partial charge in [0, 0.05) is 18.1 Å². The van der Waals surface area contributed by atoms with Crippen LogP contribution in [0.15, 0.2) is 28.2 Å². The van der Waals surface area contributed by atoms with Crippen molar-refractivity contribution in [3.8, 4) is 0 Å². The molecule has 2 rings (SSSR count). The monoisotopic (exact) mass is 312 g/mol. The Bertz CT molecular complexity index is 500. The molecule has 2 aromatic rings. The lowest BCUT2D eigenvalue weighted by atomic mass is 10.4. The fraction of sp³-hybridized carbons (Fsp3) is 0.273. The van der Waals surface area contributed by atoms with E-state index in [9.17, 15) is 0 Å². The number of halogens is 1. The Labute approximate surface area is 113 Å². The molecule has 0 saturated carbocycles. The van der Waals surface area contributed by atoms with Gasteiger partial charge >= 0.3 is 0 Å². The Kier molecular flexibility index (Phi) is 4.09. The Morgan fingerprint density at radius 3 is 2.88 bits per heavy atom. The summed E-state index contributed by atoms with van der Waals surface area (Å²) in [6.07, 6.45) is 1.74. The highest BCUT2D eigenvalue weighted by Crippen LogP contribution is 2.24. The summed E-state index contributed by atoms with van der Waals surface area (Å²) in [5.41, 5.74) is 5.53. The maximum absolute atomic E-state index is 5.53. The van der Waals surface area contributed by atoms with Crippen LogP contribution in [-0.4, -0.2) is 17.0 Å². The third-order valence-corrected chi connectivity index (χ3v) is 3.89. The molecule has 0 radical (unpaired) electrons. The van der Waals surface area contributed by atoms with Crippen molar-refractivity contribution in [2.24, 2.45) is 5.73 Å². The van der Waals surface area contributed by atoms with E-state index < -0.39 is 0 Å². The zero-order valence-electron chi connectivity index (χ0n) is 9.43. The van der Waals surface area contributed by atoms with Gasteiger partial charge in [0.05, 0.1) is 16.9 Å². The van der Waals surface area contributed by atoms with Crippen LogP contribution in [-0.2, 0) is 13.1 Å². The summed E-state index contributed by atoms with van der Waals surface area (Å²) in [4.78, 5) is 11.8. The molecule has 0 aliphatic rings. The van der Waals surface area contributed by atoms with Gasteiger partial charge < -0.3 is 10.6 Å². The number of nitrogens with two attached hydrogens (primary N) is 1. The van der Waals surface area contributed by atoms with E-state index in [1.807, 2.05) is 13.1 Å². The molecular weight excluding hydrogens is 300 g/mol. The van der Waals surface area contributed by atoms with Crippen LogP contribution in [0.2, 0.25) is 0 Å². The third-order valence-electron chi connectivity index (χ3n) is 2.29. The molecule has 17 heavy (non-hydrogen) atoms. The van der Waals surface area contributed by atoms with Gasteiger partial charge in [-0.25, -0.2) is 9.97 Å². The molecule has 0 atom stereocenters. The summed E-state index contributed by atoms with van der Waals surface area (Å²) in [6.45, 7) is 1.20. The zero-order valence-corrected chi connectivity index (χ0v) is 11.8. The molecule has 2 aromatic heterocycles. The molecule has 2 heterocycles. The number of nitrogens with zero attached hydrogens (tertiary/aromatic N) is 3. The van der Waals surface area contributed by atoms with E-state index in [1.165, 1.54) is 4.88 Å². The van der Waals surface area contributed by atoms with Crippen LogP contribution in [0.1, 0.15) is 10.7 Å². The number of thiophene rings is 1. The lowest BCUT2D eigenvalue weighted by molar-refractivity contribution is 0.855. The normalized spacial score (nSPS) is 10.5. The van der Waals surface area contributed by atoms with Crippen molar-refractivity contribution in [1.82, 2.24) is 9.97 Å². The number of hydrogen-bond acceptors (Lipinski definition) is 5. The summed E-state index contributed by atoms with van der Waals surface area (Å²) in [5, 5.41) is 0. The topological polar surface area (TPSA) is 55.0 Å². The van der Waals surface area contributed by atoms with Crippen LogP contribution >= 0.6 is 27.3 Å². The lowest BCUT2D eigenvalue weighted by Gasteiger charge is -2.17. The maximum Gasteiger partial charge on any atom is 0.144 e. The van der Waals surface area contributed by atoms with Crippen LogP contribution in [0, 0.1) is 0 Å². The molecule has 0 spiro atoms. The standard InChI is InChI=1S/C11H13BrN4S/c1-16(7-8-2-3-9(12)17-8)11-4-5-14-10(6-13)15-11/h2-5H,6-7,13H2,1H3. The molecule has 0 saturated heterocycles. The molecule has 2 N–H and O–H groups in total. The van der Waals surface area contributed by atoms with Crippen molar-refractivity contribution < 1.29 is 0 Å². The third kappa shape index (κ3) is 3.24. The van der Waals surface area contributed by atoms with Gasteiger partial charge in [-0.3, -0.25) is 0 Å². The Balaban J connectivity index is 2.11. The van der Waals surface area contributed by atoms with E-state index >= 15 is 0 Å². The Morgan fingerprint density at radius 1 is 1.41 bits per heavy atom. The average Bonchev–Trinajstić information content (AvgIpc) is 2.75. The van der Waals surface area contributed by atoms with Gasteiger partial charge in [-0.2, -0.15) is 0 Å². The summed E-state index contributed by atoms with van der Waals surface area (Å²) >= 11 is 5.19. The average molecular weight is 313 g/mol. The van der Waals surface area contributed by atoms with E-state index in [2.05, 4.69) is 42.9 Å². The molecule has 0 bridgehead atoms. The predicted octanol–water partition coefficient (Wildman–Crippen LogP) is 2.40. The Morgan fingerprint density at radius 2 is 2.24 bits per heavy atom. The van der Waals surface area contributed by atoms with Gasteiger partial charge in [0.15, 0.2) is 0 Å². The molecule has 4 nitrogen and oxygen atoms in total. The summed E-state index contributed by atoms with van der Waals surface area (Å²) in [7, 11) is 2.01. The molecule has 0 unspecified atom stereocenters. The lowest BCUT2D eigenvalue weighted by Crippen LogP contribution is -2.18. The molecule has 0 amide bonds. The molecule has 0 aliphatic carbocycles. The van der Waals surface area contributed by atoms with Gasteiger partial charge in [-0.1, -0.05) is 0 Å². The van der Waals surface area contributed by atoms with Gasteiger partial charge in [0.1, 0.15) is 11.6 Å². The van der Waals surface area contributed by atoms with Gasteiger partial charge in [0.25, 0.3) is 0 Å². The van der Waals surface area contributed by atoms with Gasteiger partial charge in [-0.05, 0) is 34.1 Å². The number of anilines is 1. The zero-order chi connectivity index (χ0) is 12.3. The van der Waals surface area contributed by atoms with Gasteiger partial charge in [-0.15, -0.1) is 11.3 Å². The molecule has 0 aromatic carbocycles. The SMILES string of the molecule is CN(Cc1ccc(Br)s1)c1ccnc(CN)n1. The molecule has 0 fully saturated rings. The minimum atomic E-state index is 0.367. The number of hydrogen-bond donors (Lipinski definition) is 1. The second kappa shape index (κ2) is 5.57. The molecule has 6 heteroatoms.